The summed E-state index contributed by atoms with van der Waals surface area (Å²) in [6, 6.07) is 0. The van der Waals surface area contributed by atoms with Crippen LogP contribution in [0.25, 0.3) is 0 Å². The maximum atomic E-state index is 5.61. The van der Waals surface area contributed by atoms with Crippen molar-refractivity contribution in [3.63, 3.8) is 0 Å². The number of rotatable bonds is 6. The zero-order chi connectivity index (χ0) is 15.5. The fourth-order valence-electron chi connectivity index (χ4n) is 0.892. The van der Waals surface area contributed by atoms with Crippen molar-refractivity contribution >= 4 is 0 Å². The van der Waals surface area contributed by atoms with E-state index in [1.54, 1.807) is 12.2 Å². The van der Waals surface area contributed by atoms with Crippen LogP contribution in [-0.2, 0) is 4.74 Å². The molecule has 0 bridgehead atoms. The van der Waals surface area contributed by atoms with E-state index in [1.165, 1.54) is 0 Å². The van der Waals surface area contributed by atoms with Crippen LogP contribution in [0.3, 0.4) is 0 Å². The SMILES string of the molecule is C=C/C=C\C(=C/C)OC(/C=C\C)=C/C=C.CC.CC. The summed E-state index contributed by atoms with van der Waals surface area (Å²) in [7, 11) is 0. The molecule has 108 valence electrons. The molecule has 0 radical (unpaired) electrons. The lowest BCUT2D eigenvalue weighted by molar-refractivity contribution is 0.335. The van der Waals surface area contributed by atoms with Crippen LogP contribution in [0.5, 0.6) is 0 Å². The third-order valence-electron chi connectivity index (χ3n) is 1.53. The number of allylic oxidation sites excluding steroid dienone is 8. The topological polar surface area (TPSA) is 9.23 Å². The Kier molecular flexibility index (Phi) is 25.4. The molecule has 1 nitrogen and oxygen atoms in total. The average molecular weight is 262 g/mol. The fraction of sp³-hybridized carbons (Fsp3) is 0.333. The van der Waals surface area contributed by atoms with Crippen molar-refractivity contribution in [2.75, 3.05) is 0 Å². The Balaban J connectivity index is -0.000000579. The zero-order valence-electron chi connectivity index (χ0n) is 13.4. The third kappa shape index (κ3) is 16.2. The first-order valence-corrected chi connectivity index (χ1v) is 6.87. The highest BCUT2D eigenvalue weighted by molar-refractivity contribution is 5.23. The normalized spacial score (nSPS) is 11.3. The van der Waals surface area contributed by atoms with Crippen molar-refractivity contribution < 1.29 is 4.74 Å². The molecule has 0 N–H and O–H groups in total. The minimum atomic E-state index is 0.759. The van der Waals surface area contributed by atoms with E-state index in [0.29, 0.717) is 0 Å². The molecule has 0 saturated carbocycles. The molecule has 0 rings (SSSR count). The van der Waals surface area contributed by atoms with E-state index in [9.17, 15) is 0 Å². The minimum Gasteiger partial charge on any atom is -0.458 e. The van der Waals surface area contributed by atoms with E-state index in [1.807, 2.05) is 78.0 Å². The molecular formula is C18H30O. The van der Waals surface area contributed by atoms with Crippen LogP contribution in [0.1, 0.15) is 41.5 Å². The van der Waals surface area contributed by atoms with Crippen molar-refractivity contribution in [1.82, 2.24) is 0 Å². The highest BCUT2D eigenvalue weighted by Gasteiger charge is 1.94. The lowest BCUT2D eigenvalue weighted by Gasteiger charge is -2.05. The molecule has 0 aromatic heterocycles. The van der Waals surface area contributed by atoms with Gasteiger partial charge in [0, 0.05) is 0 Å². The van der Waals surface area contributed by atoms with Gasteiger partial charge in [0.1, 0.15) is 11.5 Å². The summed E-state index contributed by atoms with van der Waals surface area (Å²) in [5, 5.41) is 0. The standard InChI is InChI=1S/C14H18O.2C2H6/c1-5-9-12-13(8-4)15-14(10-6-2)11-7-3;2*1-2/h5-12H,1-2H2,3-4H3;2*1-2H3/b11-7-,12-9-,13-8+,14-10+;;. The van der Waals surface area contributed by atoms with Gasteiger partial charge in [-0.25, -0.2) is 0 Å². The molecule has 0 aromatic rings. The second-order valence-corrected chi connectivity index (χ2v) is 2.69. The largest absolute Gasteiger partial charge is 0.458 e. The molecule has 0 heterocycles. The van der Waals surface area contributed by atoms with Crippen LogP contribution in [0.2, 0.25) is 0 Å². The average Bonchev–Trinajstić information content (AvgIpc) is 2.48. The number of hydrogen-bond acceptors (Lipinski definition) is 1. The third-order valence-corrected chi connectivity index (χ3v) is 1.53. The highest BCUT2D eigenvalue weighted by atomic mass is 16.5. The van der Waals surface area contributed by atoms with Gasteiger partial charge in [0.25, 0.3) is 0 Å². The van der Waals surface area contributed by atoms with Crippen molar-refractivity contribution in [2.24, 2.45) is 0 Å². The summed E-state index contributed by atoms with van der Waals surface area (Å²) < 4.78 is 5.61. The summed E-state index contributed by atoms with van der Waals surface area (Å²) in [5.74, 6) is 1.54. The monoisotopic (exact) mass is 262 g/mol. The number of ether oxygens (including phenoxy) is 1. The summed E-state index contributed by atoms with van der Waals surface area (Å²) >= 11 is 0. The van der Waals surface area contributed by atoms with E-state index in [0.717, 1.165) is 11.5 Å². The van der Waals surface area contributed by atoms with E-state index in [-0.39, 0.29) is 0 Å². The van der Waals surface area contributed by atoms with Crippen LogP contribution in [0, 0.1) is 0 Å². The van der Waals surface area contributed by atoms with Gasteiger partial charge in [0.05, 0.1) is 0 Å². The quantitative estimate of drug-likeness (QED) is 0.400. The zero-order valence-corrected chi connectivity index (χ0v) is 13.4. The van der Waals surface area contributed by atoms with Gasteiger partial charge in [0.15, 0.2) is 0 Å². The van der Waals surface area contributed by atoms with Gasteiger partial charge < -0.3 is 4.74 Å². The second kappa shape index (κ2) is 21.5. The Morgan fingerprint density at radius 2 is 1.42 bits per heavy atom. The first-order chi connectivity index (χ1) is 9.28. The summed E-state index contributed by atoms with van der Waals surface area (Å²) in [5.41, 5.74) is 0. The van der Waals surface area contributed by atoms with Crippen molar-refractivity contribution in [3.05, 3.63) is 73.3 Å². The van der Waals surface area contributed by atoms with Crippen LogP contribution >= 0.6 is 0 Å². The molecule has 0 fully saturated rings. The molecule has 1 heteroatoms. The first-order valence-electron chi connectivity index (χ1n) is 6.87. The second-order valence-electron chi connectivity index (χ2n) is 2.69. The summed E-state index contributed by atoms with van der Waals surface area (Å²) in [4.78, 5) is 0. The van der Waals surface area contributed by atoms with Gasteiger partial charge in [0.2, 0.25) is 0 Å². The van der Waals surface area contributed by atoms with Gasteiger partial charge in [-0.1, -0.05) is 65.2 Å². The lowest BCUT2D eigenvalue weighted by atomic mass is 10.3. The molecular weight excluding hydrogens is 232 g/mol. The van der Waals surface area contributed by atoms with Crippen molar-refractivity contribution in [2.45, 2.75) is 41.5 Å². The highest BCUT2D eigenvalue weighted by Crippen LogP contribution is 2.09. The Morgan fingerprint density at radius 1 is 0.842 bits per heavy atom. The summed E-state index contributed by atoms with van der Waals surface area (Å²) in [6.45, 7) is 19.1. The predicted octanol–water partition coefficient (Wildman–Crippen LogP) is 6.35. The van der Waals surface area contributed by atoms with Gasteiger partial charge in [-0.15, -0.1) is 0 Å². The molecule has 0 spiro atoms. The summed E-state index contributed by atoms with van der Waals surface area (Å²) in [6.07, 6.45) is 14.6. The van der Waals surface area contributed by atoms with Gasteiger partial charge in [-0.3, -0.25) is 0 Å². The first kappa shape index (κ1) is 22.4. The maximum Gasteiger partial charge on any atom is 0.127 e. The smallest absolute Gasteiger partial charge is 0.127 e. The Hall–Kier alpha value is -1.76. The van der Waals surface area contributed by atoms with Gasteiger partial charge in [-0.05, 0) is 38.2 Å². The minimum absolute atomic E-state index is 0.759. The predicted molar refractivity (Wildman–Crippen MR) is 90.0 cm³/mol. The molecule has 0 aliphatic carbocycles. The molecule has 0 amide bonds. The van der Waals surface area contributed by atoms with Crippen LogP contribution in [-0.4, -0.2) is 0 Å². The van der Waals surface area contributed by atoms with E-state index in [2.05, 4.69) is 13.2 Å². The van der Waals surface area contributed by atoms with E-state index < -0.39 is 0 Å². The van der Waals surface area contributed by atoms with Crippen LogP contribution in [0.4, 0.5) is 0 Å². The van der Waals surface area contributed by atoms with Gasteiger partial charge in [-0.2, -0.15) is 0 Å². The Bertz CT molecular complexity index is 315. The molecule has 0 unspecified atom stereocenters. The fourth-order valence-corrected chi connectivity index (χ4v) is 0.892. The maximum absolute atomic E-state index is 5.61. The molecule has 0 aromatic carbocycles. The molecule has 0 atom stereocenters. The van der Waals surface area contributed by atoms with Crippen LogP contribution < -0.4 is 0 Å². The van der Waals surface area contributed by atoms with E-state index in [4.69, 9.17) is 4.74 Å². The van der Waals surface area contributed by atoms with Crippen LogP contribution in [0.15, 0.2) is 73.3 Å². The Morgan fingerprint density at radius 3 is 1.79 bits per heavy atom. The molecule has 0 aliphatic heterocycles. The lowest BCUT2D eigenvalue weighted by Crippen LogP contribution is -1.87. The molecule has 19 heavy (non-hydrogen) atoms. The molecule has 0 aliphatic rings. The Labute approximate surface area is 120 Å². The van der Waals surface area contributed by atoms with E-state index >= 15 is 0 Å². The van der Waals surface area contributed by atoms with Crippen molar-refractivity contribution in [3.8, 4) is 0 Å². The van der Waals surface area contributed by atoms with Crippen molar-refractivity contribution in [1.29, 1.82) is 0 Å². The molecule has 0 saturated heterocycles. The number of hydrogen-bond donors (Lipinski definition) is 0. The van der Waals surface area contributed by atoms with Gasteiger partial charge >= 0.3 is 0 Å².